The van der Waals surface area contributed by atoms with Crippen molar-refractivity contribution in [3.05, 3.63) is 86.4 Å². The fourth-order valence-corrected chi connectivity index (χ4v) is 11.2. The molecule has 6 aromatic rings. The van der Waals surface area contributed by atoms with E-state index in [1.807, 2.05) is 26.0 Å². The molecule has 0 bridgehead atoms. The second-order valence-electron chi connectivity index (χ2n) is 11.1. The Morgan fingerprint density at radius 3 is 1.66 bits per heavy atom. The van der Waals surface area contributed by atoms with Crippen molar-refractivity contribution in [1.82, 2.24) is 9.97 Å². The zero-order valence-corrected chi connectivity index (χ0v) is 26.1. The number of carbonyl (C=O) groups excluding carboxylic acids is 4. The smallest absolute Gasteiger partial charge is 0.234 e. The molecule has 1 aliphatic heterocycles. The lowest BCUT2D eigenvalue weighted by molar-refractivity contribution is -0.110. The van der Waals surface area contributed by atoms with E-state index >= 15 is 0 Å². The largest absolute Gasteiger partial charge is 0.480 e. The minimum absolute atomic E-state index is 0.368. The van der Waals surface area contributed by atoms with Crippen molar-refractivity contribution < 1.29 is 23.9 Å². The first-order valence-electron chi connectivity index (χ1n) is 13.6. The minimum atomic E-state index is -0.674. The van der Waals surface area contributed by atoms with Gasteiger partial charge in [-0.25, -0.2) is 9.97 Å². The van der Waals surface area contributed by atoms with Crippen molar-refractivity contribution in [3.8, 4) is 15.5 Å². The molecule has 7 nitrogen and oxygen atoms in total. The van der Waals surface area contributed by atoms with Crippen LogP contribution in [-0.2, 0) is 15.2 Å². The van der Waals surface area contributed by atoms with Crippen molar-refractivity contribution in [2.24, 2.45) is 0 Å². The standard InChI is InChI=1S/C33H16N2O5S4/c1-33(2)21-27(43-31-28(21)41-19(34-31)11-17-13-7-3-5-9-15(13)22(36)24(17)38)29-26(40-33)30-32(44-29)35-20(42-30)12-18-14-8-4-6-10-16(14)23(37)25(18)39/h3-12H,1-2H3/b17-11-,18-12-. The van der Waals surface area contributed by atoms with Gasteiger partial charge in [-0.2, -0.15) is 0 Å². The molecule has 2 aliphatic carbocycles. The SMILES string of the molecule is CC1(C)Oc2c(sc3nc(/C=C4\C(=O)C(=O)c5ccccc54)sc23)-c2sc3nc(/C=C4\C(=O)C(=O)c5ccccc54)sc3c21. The Morgan fingerprint density at radius 2 is 1.09 bits per heavy atom. The van der Waals surface area contributed by atoms with Crippen molar-refractivity contribution in [2.45, 2.75) is 19.4 Å². The van der Waals surface area contributed by atoms with Crippen molar-refractivity contribution >= 4 is 111 Å². The molecule has 0 fully saturated rings. The van der Waals surface area contributed by atoms with Gasteiger partial charge in [0, 0.05) is 27.8 Å². The maximum atomic E-state index is 12.8. The number of thiazole rings is 2. The third-order valence-corrected chi connectivity index (χ3v) is 12.6. The summed E-state index contributed by atoms with van der Waals surface area (Å²) in [5.74, 6) is -1.22. The van der Waals surface area contributed by atoms with Gasteiger partial charge in [-0.1, -0.05) is 48.5 Å². The Hall–Kier alpha value is -4.42. The van der Waals surface area contributed by atoms with E-state index in [1.165, 1.54) is 34.0 Å². The van der Waals surface area contributed by atoms with E-state index in [9.17, 15) is 19.2 Å². The molecule has 0 saturated heterocycles. The summed E-state index contributed by atoms with van der Waals surface area (Å²) in [6.45, 7) is 4.06. The van der Waals surface area contributed by atoms with Crippen LogP contribution >= 0.6 is 45.3 Å². The third kappa shape index (κ3) is 3.46. The van der Waals surface area contributed by atoms with Gasteiger partial charge in [0.2, 0.25) is 23.1 Å². The molecule has 0 radical (unpaired) electrons. The first-order chi connectivity index (χ1) is 21.2. The van der Waals surface area contributed by atoms with Gasteiger partial charge in [-0.05, 0) is 37.1 Å². The van der Waals surface area contributed by atoms with Crippen LogP contribution in [0.1, 0.15) is 61.3 Å². The van der Waals surface area contributed by atoms with Gasteiger partial charge in [-0.3, -0.25) is 19.2 Å². The highest BCUT2D eigenvalue weighted by molar-refractivity contribution is 7.34. The number of benzene rings is 2. The summed E-state index contributed by atoms with van der Waals surface area (Å²) in [7, 11) is 0. The lowest BCUT2D eigenvalue weighted by Gasteiger charge is -2.31. The Labute approximate surface area is 264 Å². The highest BCUT2D eigenvalue weighted by Gasteiger charge is 2.41. The summed E-state index contributed by atoms with van der Waals surface area (Å²) in [4.78, 5) is 63.9. The predicted molar refractivity (Wildman–Crippen MR) is 175 cm³/mol. The molecule has 2 aromatic carbocycles. The maximum Gasteiger partial charge on any atom is 0.234 e. The molecule has 0 spiro atoms. The van der Waals surface area contributed by atoms with E-state index < -0.39 is 28.7 Å². The third-order valence-electron chi connectivity index (χ3n) is 8.02. The van der Waals surface area contributed by atoms with Crippen molar-refractivity contribution in [1.29, 1.82) is 0 Å². The van der Waals surface area contributed by atoms with E-state index in [2.05, 4.69) is 0 Å². The van der Waals surface area contributed by atoms with Crippen LogP contribution in [-0.4, -0.2) is 33.1 Å². The average molecular weight is 649 g/mol. The number of ketones is 4. The molecule has 4 aromatic heterocycles. The number of ether oxygens (including phenoxy) is 1. The van der Waals surface area contributed by atoms with Gasteiger partial charge >= 0.3 is 0 Å². The van der Waals surface area contributed by atoms with Gasteiger partial charge in [0.15, 0.2) is 5.75 Å². The Morgan fingerprint density at radius 1 is 0.614 bits per heavy atom. The number of hydrogen-bond donors (Lipinski definition) is 0. The van der Waals surface area contributed by atoms with Crippen LogP contribution in [0.15, 0.2) is 48.5 Å². The molecule has 9 rings (SSSR count). The van der Waals surface area contributed by atoms with Crippen molar-refractivity contribution in [2.75, 3.05) is 0 Å². The number of carbonyl (C=O) groups is 4. The van der Waals surface area contributed by atoms with Crippen LogP contribution in [0.25, 0.3) is 52.1 Å². The maximum absolute atomic E-state index is 12.8. The van der Waals surface area contributed by atoms with Crippen LogP contribution in [0.2, 0.25) is 0 Å². The molecule has 11 heteroatoms. The van der Waals surface area contributed by atoms with Crippen LogP contribution in [0.4, 0.5) is 0 Å². The number of Topliss-reactive ketones (excluding diaryl/α,β-unsaturated/α-hetero) is 4. The lowest BCUT2D eigenvalue weighted by Crippen LogP contribution is -2.27. The van der Waals surface area contributed by atoms with Crippen LogP contribution in [0.3, 0.4) is 0 Å². The van der Waals surface area contributed by atoms with E-state index in [0.717, 1.165) is 40.1 Å². The van der Waals surface area contributed by atoms with Gasteiger partial charge in [0.1, 0.15) is 30.0 Å². The Bertz CT molecular complexity index is 2430. The predicted octanol–water partition coefficient (Wildman–Crippen LogP) is 7.94. The molecule has 3 aliphatic rings. The highest BCUT2D eigenvalue weighted by Crippen LogP contribution is 2.59. The average Bonchev–Trinajstić information content (AvgIpc) is 3.82. The van der Waals surface area contributed by atoms with Gasteiger partial charge < -0.3 is 4.74 Å². The monoisotopic (exact) mass is 648 g/mol. The molecular weight excluding hydrogens is 633 g/mol. The van der Waals surface area contributed by atoms with E-state index in [1.54, 1.807) is 59.9 Å². The fraction of sp³-hybridized carbons (Fsp3) is 0.0909. The Balaban J connectivity index is 1.13. The van der Waals surface area contributed by atoms with Gasteiger partial charge in [0.25, 0.3) is 0 Å². The molecule has 44 heavy (non-hydrogen) atoms. The topological polar surface area (TPSA) is 103 Å². The minimum Gasteiger partial charge on any atom is -0.480 e. The zero-order valence-electron chi connectivity index (χ0n) is 22.8. The number of nitrogens with zero attached hydrogens (tertiary/aromatic N) is 2. The molecule has 5 heterocycles. The summed E-state index contributed by atoms with van der Waals surface area (Å²) < 4.78 is 8.57. The van der Waals surface area contributed by atoms with Crippen LogP contribution < -0.4 is 4.74 Å². The number of fused-ring (bicyclic) bond motifs is 9. The molecule has 0 amide bonds. The summed E-state index contributed by atoms with van der Waals surface area (Å²) >= 11 is 6.05. The van der Waals surface area contributed by atoms with Crippen LogP contribution in [0, 0.1) is 0 Å². The number of thiophene rings is 2. The molecule has 0 saturated carbocycles. The summed E-state index contributed by atoms with van der Waals surface area (Å²) in [6, 6.07) is 14.1. The molecule has 0 unspecified atom stereocenters. The molecular formula is C33H16N2O5S4. The molecule has 0 atom stereocenters. The van der Waals surface area contributed by atoms with Gasteiger partial charge in [0.05, 0.1) is 14.5 Å². The van der Waals surface area contributed by atoms with E-state index in [4.69, 9.17) is 14.7 Å². The van der Waals surface area contributed by atoms with Crippen molar-refractivity contribution in [3.63, 3.8) is 0 Å². The van der Waals surface area contributed by atoms with E-state index in [0.29, 0.717) is 43.4 Å². The lowest BCUT2D eigenvalue weighted by atomic mass is 9.95. The number of rotatable bonds is 2. The summed E-state index contributed by atoms with van der Waals surface area (Å²) in [6.07, 6.45) is 3.43. The molecule has 0 N–H and O–H groups in total. The Kier molecular flexibility index (Phi) is 5.22. The van der Waals surface area contributed by atoms with E-state index in [-0.39, 0.29) is 0 Å². The highest BCUT2D eigenvalue weighted by atomic mass is 32.1. The number of allylic oxidation sites excluding steroid dienone is 2. The normalized spacial score (nSPS) is 18.4. The van der Waals surface area contributed by atoms with Crippen LogP contribution in [0.5, 0.6) is 5.75 Å². The summed E-state index contributed by atoms with van der Waals surface area (Å²) in [5, 5.41) is 1.30. The first kappa shape index (κ1) is 26.0. The number of hydrogen-bond acceptors (Lipinski definition) is 11. The zero-order chi connectivity index (χ0) is 30.1. The fourth-order valence-electron chi connectivity index (χ4n) is 6.06. The number of aromatic nitrogens is 2. The quantitative estimate of drug-likeness (QED) is 0.139. The second kappa shape index (κ2) is 8.82. The van der Waals surface area contributed by atoms with Gasteiger partial charge in [-0.15, -0.1) is 45.3 Å². The summed E-state index contributed by atoms with van der Waals surface area (Å²) in [5.41, 5.74) is 3.26. The first-order valence-corrected chi connectivity index (χ1v) is 16.8. The second-order valence-corrected chi connectivity index (χ2v) is 15.1. The molecule has 212 valence electrons.